The SMILES string of the molecule is CN[C@H]1CCCN(C(=O)c2cccnc2C)C1. The van der Waals surface area contributed by atoms with Gasteiger partial charge in [-0.15, -0.1) is 0 Å². The fraction of sp³-hybridized carbons (Fsp3) is 0.538. The predicted molar refractivity (Wildman–Crippen MR) is 67.0 cm³/mol. The van der Waals surface area contributed by atoms with Crippen molar-refractivity contribution in [1.82, 2.24) is 15.2 Å². The summed E-state index contributed by atoms with van der Waals surface area (Å²) in [6.45, 7) is 3.53. The maximum atomic E-state index is 12.3. The smallest absolute Gasteiger partial charge is 0.255 e. The monoisotopic (exact) mass is 233 g/mol. The van der Waals surface area contributed by atoms with E-state index in [0.29, 0.717) is 6.04 Å². The van der Waals surface area contributed by atoms with Gasteiger partial charge in [-0.2, -0.15) is 0 Å². The number of rotatable bonds is 2. The van der Waals surface area contributed by atoms with Crippen molar-refractivity contribution in [1.29, 1.82) is 0 Å². The van der Waals surface area contributed by atoms with Gasteiger partial charge in [0.1, 0.15) is 0 Å². The molecule has 2 heterocycles. The van der Waals surface area contributed by atoms with Crippen molar-refractivity contribution in [3.05, 3.63) is 29.6 Å². The zero-order chi connectivity index (χ0) is 12.3. The number of nitrogens with one attached hydrogen (secondary N) is 1. The number of amides is 1. The normalized spacial score (nSPS) is 20.4. The molecular formula is C13H19N3O. The Kier molecular flexibility index (Phi) is 3.74. The van der Waals surface area contributed by atoms with Crippen LogP contribution in [0, 0.1) is 6.92 Å². The molecule has 92 valence electrons. The van der Waals surface area contributed by atoms with Gasteiger partial charge in [-0.1, -0.05) is 0 Å². The molecule has 17 heavy (non-hydrogen) atoms. The van der Waals surface area contributed by atoms with Crippen LogP contribution in [-0.2, 0) is 0 Å². The molecule has 1 aliphatic rings. The molecule has 1 aromatic heterocycles. The maximum absolute atomic E-state index is 12.3. The molecule has 0 unspecified atom stereocenters. The van der Waals surface area contributed by atoms with Crippen molar-refractivity contribution >= 4 is 5.91 Å². The minimum atomic E-state index is 0.107. The van der Waals surface area contributed by atoms with Crippen LogP contribution in [0.2, 0.25) is 0 Å². The van der Waals surface area contributed by atoms with Crippen molar-refractivity contribution in [2.45, 2.75) is 25.8 Å². The average molecular weight is 233 g/mol. The number of aromatic nitrogens is 1. The van der Waals surface area contributed by atoms with E-state index in [1.54, 1.807) is 6.20 Å². The predicted octanol–water partition coefficient (Wildman–Crippen LogP) is 1.21. The number of pyridine rings is 1. The highest BCUT2D eigenvalue weighted by Gasteiger charge is 2.24. The molecule has 0 saturated carbocycles. The molecule has 1 aromatic rings. The summed E-state index contributed by atoms with van der Waals surface area (Å²) >= 11 is 0. The Labute approximate surface area is 102 Å². The van der Waals surface area contributed by atoms with Gasteiger partial charge in [-0.05, 0) is 38.9 Å². The maximum Gasteiger partial charge on any atom is 0.255 e. The second-order valence-corrected chi connectivity index (χ2v) is 4.52. The third kappa shape index (κ3) is 2.64. The lowest BCUT2D eigenvalue weighted by Gasteiger charge is -2.32. The van der Waals surface area contributed by atoms with Crippen LogP contribution >= 0.6 is 0 Å². The highest BCUT2D eigenvalue weighted by molar-refractivity contribution is 5.95. The fourth-order valence-corrected chi connectivity index (χ4v) is 2.28. The molecule has 1 saturated heterocycles. The van der Waals surface area contributed by atoms with E-state index < -0.39 is 0 Å². The number of carbonyl (C=O) groups is 1. The van der Waals surface area contributed by atoms with Gasteiger partial charge in [0.2, 0.25) is 0 Å². The number of hydrogen-bond donors (Lipinski definition) is 1. The quantitative estimate of drug-likeness (QED) is 0.835. The molecule has 1 N–H and O–H groups in total. The molecule has 0 spiro atoms. The highest BCUT2D eigenvalue weighted by atomic mass is 16.2. The standard InChI is InChI=1S/C13H19N3O/c1-10-12(6-3-7-15-10)13(17)16-8-4-5-11(9-16)14-2/h3,6-7,11,14H,4-5,8-9H2,1-2H3/t11-/m0/s1. The molecule has 1 aliphatic heterocycles. The van der Waals surface area contributed by atoms with Crippen LogP contribution in [0.1, 0.15) is 28.9 Å². The Balaban J connectivity index is 2.12. The van der Waals surface area contributed by atoms with E-state index in [-0.39, 0.29) is 5.91 Å². The first-order chi connectivity index (χ1) is 8.22. The van der Waals surface area contributed by atoms with Gasteiger partial charge in [0.15, 0.2) is 0 Å². The van der Waals surface area contributed by atoms with Gasteiger partial charge in [-0.25, -0.2) is 0 Å². The lowest BCUT2D eigenvalue weighted by molar-refractivity contribution is 0.0697. The average Bonchev–Trinajstić information content (AvgIpc) is 2.38. The number of piperidine rings is 1. The number of hydrogen-bond acceptors (Lipinski definition) is 3. The molecule has 2 rings (SSSR count). The molecule has 1 atom stereocenters. The third-order valence-electron chi connectivity index (χ3n) is 3.35. The van der Waals surface area contributed by atoms with Crippen molar-refractivity contribution < 1.29 is 4.79 Å². The van der Waals surface area contributed by atoms with Crippen LogP contribution in [0.5, 0.6) is 0 Å². The summed E-state index contributed by atoms with van der Waals surface area (Å²) in [6, 6.07) is 4.09. The van der Waals surface area contributed by atoms with E-state index >= 15 is 0 Å². The van der Waals surface area contributed by atoms with E-state index in [4.69, 9.17) is 0 Å². The largest absolute Gasteiger partial charge is 0.337 e. The summed E-state index contributed by atoms with van der Waals surface area (Å²) in [7, 11) is 1.95. The number of likely N-dealkylation sites (N-methyl/N-ethyl adjacent to an activating group) is 1. The topological polar surface area (TPSA) is 45.2 Å². The Hall–Kier alpha value is -1.42. The zero-order valence-electron chi connectivity index (χ0n) is 10.4. The minimum absolute atomic E-state index is 0.107. The van der Waals surface area contributed by atoms with Gasteiger partial charge < -0.3 is 10.2 Å². The summed E-state index contributed by atoms with van der Waals surface area (Å²) in [5.74, 6) is 0.107. The van der Waals surface area contributed by atoms with Gasteiger partial charge in [0.25, 0.3) is 5.91 Å². The van der Waals surface area contributed by atoms with Crippen LogP contribution in [-0.4, -0.2) is 42.0 Å². The molecule has 4 nitrogen and oxygen atoms in total. The fourth-order valence-electron chi connectivity index (χ4n) is 2.28. The molecular weight excluding hydrogens is 214 g/mol. The van der Waals surface area contributed by atoms with E-state index in [1.807, 2.05) is 31.0 Å². The highest BCUT2D eigenvalue weighted by Crippen LogP contribution is 2.14. The summed E-state index contributed by atoms with van der Waals surface area (Å²) in [6.07, 6.45) is 3.93. The number of aryl methyl sites for hydroxylation is 1. The number of likely N-dealkylation sites (tertiary alicyclic amines) is 1. The van der Waals surface area contributed by atoms with E-state index in [2.05, 4.69) is 10.3 Å². The second-order valence-electron chi connectivity index (χ2n) is 4.52. The molecule has 0 aliphatic carbocycles. The van der Waals surface area contributed by atoms with Crippen LogP contribution in [0.4, 0.5) is 0 Å². The van der Waals surface area contributed by atoms with Crippen molar-refractivity contribution in [2.24, 2.45) is 0 Å². The van der Waals surface area contributed by atoms with Crippen LogP contribution in [0.15, 0.2) is 18.3 Å². The van der Waals surface area contributed by atoms with Crippen LogP contribution in [0.25, 0.3) is 0 Å². The Morgan fingerprint density at radius 3 is 3.12 bits per heavy atom. The lowest BCUT2D eigenvalue weighted by Crippen LogP contribution is -2.47. The lowest BCUT2D eigenvalue weighted by atomic mass is 10.0. The molecule has 1 amide bonds. The summed E-state index contributed by atoms with van der Waals surface area (Å²) in [5, 5.41) is 3.25. The van der Waals surface area contributed by atoms with Gasteiger partial charge in [0, 0.05) is 31.0 Å². The molecule has 4 heteroatoms. The van der Waals surface area contributed by atoms with Crippen molar-refractivity contribution in [2.75, 3.05) is 20.1 Å². The first-order valence-electron chi connectivity index (χ1n) is 6.10. The summed E-state index contributed by atoms with van der Waals surface area (Å²) in [4.78, 5) is 18.4. The number of nitrogens with zero attached hydrogens (tertiary/aromatic N) is 2. The zero-order valence-corrected chi connectivity index (χ0v) is 10.4. The van der Waals surface area contributed by atoms with Gasteiger partial charge >= 0.3 is 0 Å². The first-order valence-corrected chi connectivity index (χ1v) is 6.10. The Bertz CT molecular complexity index is 405. The molecule has 0 radical (unpaired) electrons. The Morgan fingerprint density at radius 1 is 1.59 bits per heavy atom. The van der Waals surface area contributed by atoms with Crippen molar-refractivity contribution in [3.63, 3.8) is 0 Å². The minimum Gasteiger partial charge on any atom is -0.337 e. The molecule has 1 fully saturated rings. The van der Waals surface area contributed by atoms with Gasteiger partial charge in [0.05, 0.1) is 5.56 Å². The summed E-state index contributed by atoms with van der Waals surface area (Å²) in [5.41, 5.74) is 1.54. The van der Waals surface area contributed by atoms with Crippen molar-refractivity contribution in [3.8, 4) is 0 Å². The number of carbonyl (C=O) groups excluding carboxylic acids is 1. The Morgan fingerprint density at radius 2 is 2.41 bits per heavy atom. The third-order valence-corrected chi connectivity index (χ3v) is 3.35. The summed E-state index contributed by atoms with van der Waals surface area (Å²) < 4.78 is 0. The van der Waals surface area contributed by atoms with Crippen LogP contribution in [0.3, 0.4) is 0 Å². The van der Waals surface area contributed by atoms with E-state index in [0.717, 1.165) is 37.2 Å². The molecule has 0 aromatic carbocycles. The molecule has 0 bridgehead atoms. The first kappa shape index (κ1) is 12.0. The van der Waals surface area contributed by atoms with E-state index in [9.17, 15) is 4.79 Å². The van der Waals surface area contributed by atoms with Gasteiger partial charge in [-0.3, -0.25) is 9.78 Å². The second kappa shape index (κ2) is 5.27. The van der Waals surface area contributed by atoms with Crippen LogP contribution < -0.4 is 5.32 Å². The van der Waals surface area contributed by atoms with E-state index in [1.165, 1.54) is 0 Å².